The molecule has 0 radical (unpaired) electrons. The Bertz CT molecular complexity index is 1120. The Morgan fingerprint density at radius 2 is 2.09 bits per heavy atom. The molecule has 0 spiro atoms. The number of methoxy groups -OCH3 is 1. The third-order valence-electron chi connectivity index (χ3n) is 5.56. The van der Waals surface area contributed by atoms with E-state index in [1.807, 2.05) is 17.0 Å². The van der Waals surface area contributed by atoms with Gasteiger partial charge in [0.15, 0.2) is 5.82 Å². The van der Waals surface area contributed by atoms with Gasteiger partial charge in [0.25, 0.3) is 5.56 Å². The molecule has 1 unspecified atom stereocenters. The predicted octanol–water partition coefficient (Wildman–Crippen LogP) is 2.25. The number of aliphatic hydroxyl groups is 1. The minimum absolute atomic E-state index is 0.184. The molecule has 1 saturated heterocycles. The van der Waals surface area contributed by atoms with E-state index in [-0.39, 0.29) is 5.56 Å². The number of aromatic nitrogens is 4. The maximum Gasteiger partial charge on any atom is 0.294 e. The fourth-order valence-corrected chi connectivity index (χ4v) is 3.92. The van der Waals surface area contributed by atoms with E-state index in [0.29, 0.717) is 61.3 Å². The third kappa shape index (κ3) is 4.73. The standard InChI is InChI=1S/C23H29N5O4/c1-3-10-32-11-9-28-20-12-18(16-6-7-21(31-2)25-13-16)24-14-19(20)26-22(23(28)30)27-8-4-5-17(29)15-27/h6-7,12-14,17,29H,3-5,8-11,15H2,1-2H3. The molecular formula is C23H29N5O4. The molecule has 0 aromatic carbocycles. The van der Waals surface area contributed by atoms with Crippen LogP contribution in [0.25, 0.3) is 22.3 Å². The van der Waals surface area contributed by atoms with Gasteiger partial charge in [0.05, 0.1) is 37.2 Å². The van der Waals surface area contributed by atoms with Gasteiger partial charge in [-0.25, -0.2) is 9.97 Å². The number of hydrogen-bond donors (Lipinski definition) is 1. The maximum atomic E-state index is 13.5. The highest BCUT2D eigenvalue weighted by Gasteiger charge is 2.23. The summed E-state index contributed by atoms with van der Waals surface area (Å²) in [6.07, 6.45) is 5.40. The van der Waals surface area contributed by atoms with Crippen LogP contribution in [0.15, 0.2) is 35.4 Å². The van der Waals surface area contributed by atoms with Crippen molar-refractivity contribution < 1.29 is 14.6 Å². The lowest BCUT2D eigenvalue weighted by Crippen LogP contribution is -2.42. The van der Waals surface area contributed by atoms with Gasteiger partial charge in [0.2, 0.25) is 5.88 Å². The second kappa shape index (κ2) is 10.1. The smallest absolute Gasteiger partial charge is 0.294 e. The van der Waals surface area contributed by atoms with E-state index in [1.54, 1.807) is 30.1 Å². The van der Waals surface area contributed by atoms with E-state index in [1.165, 1.54) is 0 Å². The summed E-state index contributed by atoms with van der Waals surface area (Å²) in [4.78, 5) is 28.8. The predicted molar refractivity (Wildman–Crippen MR) is 122 cm³/mol. The molecule has 170 valence electrons. The lowest BCUT2D eigenvalue weighted by Gasteiger charge is -2.31. The average molecular weight is 440 g/mol. The number of nitrogens with zero attached hydrogens (tertiary/aromatic N) is 5. The Kier molecular flexibility index (Phi) is 6.96. The first-order chi connectivity index (χ1) is 15.6. The number of hydrogen-bond acceptors (Lipinski definition) is 8. The molecule has 1 aliphatic rings. The fourth-order valence-electron chi connectivity index (χ4n) is 3.92. The van der Waals surface area contributed by atoms with E-state index in [9.17, 15) is 9.90 Å². The van der Waals surface area contributed by atoms with Gasteiger partial charge in [-0.2, -0.15) is 0 Å². The van der Waals surface area contributed by atoms with Crippen LogP contribution in [0.1, 0.15) is 26.2 Å². The molecule has 4 rings (SSSR count). The van der Waals surface area contributed by atoms with Gasteiger partial charge in [-0.05, 0) is 31.4 Å². The zero-order valence-corrected chi connectivity index (χ0v) is 18.5. The van der Waals surface area contributed by atoms with Crippen molar-refractivity contribution in [2.24, 2.45) is 0 Å². The second-order valence-electron chi connectivity index (χ2n) is 7.89. The van der Waals surface area contributed by atoms with Crippen molar-refractivity contribution in [3.05, 3.63) is 40.9 Å². The number of aliphatic hydroxyl groups excluding tert-OH is 1. The molecule has 9 heteroatoms. The fraction of sp³-hybridized carbons (Fsp3) is 0.478. The molecule has 9 nitrogen and oxygen atoms in total. The Hall–Kier alpha value is -3.04. The molecule has 0 amide bonds. The van der Waals surface area contributed by atoms with Crippen LogP contribution in [0.2, 0.25) is 0 Å². The number of fused-ring (bicyclic) bond motifs is 1. The van der Waals surface area contributed by atoms with Gasteiger partial charge < -0.3 is 24.0 Å². The number of β-amino-alcohol motifs (C(OH)–C–C–N with tert-alkyl or cyclic N) is 1. The summed E-state index contributed by atoms with van der Waals surface area (Å²) < 4.78 is 12.5. The number of ether oxygens (including phenoxy) is 2. The first-order valence-corrected chi connectivity index (χ1v) is 11.0. The van der Waals surface area contributed by atoms with Crippen molar-refractivity contribution in [3.63, 3.8) is 0 Å². The zero-order valence-electron chi connectivity index (χ0n) is 18.5. The lowest BCUT2D eigenvalue weighted by atomic mass is 10.1. The topological polar surface area (TPSA) is 103 Å². The van der Waals surface area contributed by atoms with E-state index in [0.717, 1.165) is 24.8 Å². The Labute approximate surface area is 186 Å². The largest absolute Gasteiger partial charge is 0.481 e. The van der Waals surface area contributed by atoms with Crippen molar-refractivity contribution in [1.29, 1.82) is 0 Å². The quantitative estimate of drug-likeness (QED) is 0.533. The Balaban J connectivity index is 1.77. The lowest BCUT2D eigenvalue weighted by molar-refractivity contribution is 0.127. The zero-order chi connectivity index (χ0) is 22.5. The summed E-state index contributed by atoms with van der Waals surface area (Å²) in [5.41, 5.74) is 2.64. The minimum atomic E-state index is -0.454. The summed E-state index contributed by atoms with van der Waals surface area (Å²) in [6, 6.07) is 5.52. The van der Waals surface area contributed by atoms with Crippen LogP contribution < -0.4 is 15.2 Å². The Morgan fingerprint density at radius 1 is 1.22 bits per heavy atom. The number of anilines is 1. The highest BCUT2D eigenvalue weighted by atomic mass is 16.5. The van der Waals surface area contributed by atoms with Crippen LogP contribution in [0.4, 0.5) is 5.82 Å². The van der Waals surface area contributed by atoms with Gasteiger partial charge in [-0.15, -0.1) is 0 Å². The van der Waals surface area contributed by atoms with E-state index < -0.39 is 6.10 Å². The van der Waals surface area contributed by atoms with Crippen LogP contribution in [-0.2, 0) is 11.3 Å². The molecule has 0 aliphatic carbocycles. The van der Waals surface area contributed by atoms with Crippen LogP contribution in [0, 0.1) is 0 Å². The molecule has 1 aliphatic heterocycles. The summed E-state index contributed by atoms with van der Waals surface area (Å²) in [7, 11) is 1.57. The van der Waals surface area contributed by atoms with E-state index in [4.69, 9.17) is 9.47 Å². The van der Waals surface area contributed by atoms with Gasteiger partial charge in [-0.1, -0.05) is 6.92 Å². The van der Waals surface area contributed by atoms with Crippen molar-refractivity contribution >= 4 is 16.9 Å². The Morgan fingerprint density at radius 3 is 2.81 bits per heavy atom. The molecule has 1 fully saturated rings. The highest BCUT2D eigenvalue weighted by Crippen LogP contribution is 2.23. The number of pyridine rings is 2. The van der Waals surface area contributed by atoms with Gasteiger partial charge in [0.1, 0.15) is 5.52 Å². The third-order valence-corrected chi connectivity index (χ3v) is 5.56. The molecule has 1 N–H and O–H groups in total. The molecule has 3 aromatic rings. The van der Waals surface area contributed by atoms with Gasteiger partial charge in [0, 0.05) is 44.1 Å². The van der Waals surface area contributed by atoms with E-state index >= 15 is 0 Å². The first-order valence-electron chi connectivity index (χ1n) is 11.0. The summed E-state index contributed by atoms with van der Waals surface area (Å²) >= 11 is 0. The summed E-state index contributed by atoms with van der Waals surface area (Å²) in [6.45, 7) is 4.63. The molecule has 0 saturated carbocycles. The number of piperidine rings is 1. The maximum absolute atomic E-state index is 13.5. The molecule has 1 atom stereocenters. The minimum Gasteiger partial charge on any atom is -0.481 e. The highest BCUT2D eigenvalue weighted by molar-refractivity contribution is 5.80. The van der Waals surface area contributed by atoms with Crippen LogP contribution in [-0.4, -0.2) is 64.1 Å². The van der Waals surface area contributed by atoms with Crippen molar-refractivity contribution in [2.75, 3.05) is 38.3 Å². The normalized spacial score (nSPS) is 16.5. The average Bonchev–Trinajstić information content (AvgIpc) is 2.82. The van der Waals surface area contributed by atoms with E-state index in [2.05, 4.69) is 21.9 Å². The molecule has 4 heterocycles. The number of rotatable bonds is 8. The summed E-state index contributed by atoms with van der Waals surface area (Å²) in [5.74, 6) is 0.877. The monoisotopic (exact) mass is 439 g/mol. The summed E-state index contributed by atoms with van der Waals surface area (Å²) in [5, 5.41) is 10.1. The van der Waals surface area contributed by atoms with Gasteiger partial charge >= 0.3 is 0 Å². The molecule has 3 aromatic heterocycles. The second-order valence-corrected chi connectivity index (χ2v) is 7.89. The molecule has 0 bridgehead atoms. The molecular weight excluding hydrogens is 410 g/mol. The van der Waals surface area contributed by atoms with Crippen molar-refractivity contribution in [3.8, 4) is 17.1 Å². The van der Waals surface area contributed by atoms with Crippen LogP contribution in [0.5, 0.6) is 5.88 Å². The van der Waals surface area contributed by atoms with Crippen molar-refractivity contribution in [2.45, 2.75) is 38.8 Å². The SMILES string of the molecule is CCCOCCn1c(=O)c(N2CCCC(O)C2)nc2cnc(-c3ccc(OC)nc3)cc21. The van der Waals surface area contributed by atoms with Crippen LogP contribution >= 0.6 is 0 Å². The van der Waals surface area contributed by atoms with Crippen molar-refractivity contribution in [1.82, 2.24) is 19.5 Å². The van der Waals surface area contributed by atoms with Crippen LogP contribution in [0.3, 0.4) is 0 Å². The molecule has 32 heavy (non-hydrogen) atoms. The first kappa shape index (κ1) is 22.2. The van der Waals surface area contributed by atoms with Gasteiger partial charge in [-0.3, -0.25) is 9.78 Å².